The number of hydrogen-bond donors (Lipinski definition) is 2. The van der Waals surface area contributed by atoms with E-state index in [0.717, 1.165) is 42.0 Å². The van der Waals surface area contributed by atoms with Crippen LogP contribution in [0.2, 0.25) is 0 Å². The second-order valence-electron chi connectivity index (χ2n) is 6.26. The van der Waals surface area contributed by atoms with E-state index in [1.165, 1.54) is 0 Å². The Hall–Kier alpha value is -2.27. The van der Waals surface area contributed by atoms with Gasteiger partial charge in [0.05, 0.1) is 11.7 Å². The molecule has 24 heavy (non-hydrogen) atoms. The molecule has 2 aromatic rings. The highest BCUT2D eigenvalue weighted by atomic mass is 16.5. The first-order valence-corrected chi connectivity index (χ1v) is 8.39. The van der Waals surface area contributed by atoms with Crippen LogP contribution >= 0.6 is 0 Å². The number of H-pyrrole nitrogens is 1. The predicted octanol–water partition coefficient (Wildman–Crippen LogP) is 3.12. The molecular formula is C19H24N2O3. The fourth-order valence-corrected chi connectivity index (χ4v) is 2.87. The lowest BCUT2D eigenvalue weighted by molar-refractivity contribution is 0.0675. The Morgan fingerprint density at radius 1 is 1.38 bits per heavy atom. The minimum absolute atomic E-state index is 0.0839. The van der Waals surface area contributed by atoms with Crippen LogP contribution in [0.1, 0.15) is 40.0 Å². The number of aromatic amines is 1. The van der Waals surface area contributed by atoms with Crippen LogP contribution in [-0.4, -0.2) is 30.2 Å². The average molecular weight is 328 g/mol. The maximum Gasteiger partial charge on any atom is 0.253 e. The molecule has 5 nitrogen and oxygen atoms in total. The standard InChI is InChI=1S/C19H24N2O3/c1-13-5-6-15(11-21-19(22)17-7-8-20-14(17)2)18(10-13)24-12-16-4-3-9-23-16/h5-8,10,16,20H,3-4,9,11-12H2,1-2H3,(H,21,22)/t16-/m0/s1. The Kier molecular flexibility index (Phi) is 5.20. The molecule has 2 heterocycles. The molecule has 0 radical (unpaired) electrons. The second kappa shape index (κ2) is 7.53. The molecular weight excluding hydrogens is 304 g/mol. The smallest absolute Gasteiger partial charge is 0.253 e. The largest absolute Gasteiger partial charge is 0.491 e. The van der Waals surface area contributed by atoms with E-state index in [9.17, 15) is 4.79 Å². The van der Waals surface area contributed by atoms with Crippen LogP contribution in [0.25, 0.3) is 0 Å². The number of benzene rings is 1. The Labute approximate surface area is 142 Å². The van der Waals surface area contributed by atoms with Crippen LogP contribution < -0.4 is 10.1 Å². The van der Waals surface area contributed by atoms with E-state index in [1.54, 1.807) is 12.3 Å². The first-order chi connectivity index (χ1) is 11.6. The maximum absolute atomic E-state index is 12.3. The van der Waals surface area contributed by atoms with E-state index in [4.69, 9.17) is 9.47 Å². The van der Waals surface area contributed by atoms with Crippen LogP contribution in [0.15, 0.2) is 30.5 Å². The molecule has 1 saturated heterocycles. The summed E-state index contributed by atoms with van der Waals surface area (Å²) in [7, 11) is 0. The van der Waals surface area contributed by atoms with Crippen molar-refractivity contribution in [3.63, 3.8) is 0 Å². The molecule has 128 valence electrons. The topological polar surface area (TPSA) is 63.4 Å². The summed E-state index contributed by atoms with van der Waals surface area (Å²) in [4.78, 5) is 15.3. The average Bonchev–Trinajstić information content (AvgIpc) is 3.23. The normalized spacial score (nSPS) is 17.0. The van der Waals surface area contributed by atoms with Gasteiger partial charge in [-0.25, -0.2) is 0 Å². The number of carbonyl (C=O) groups excluding carboxylic acids is 1. The molecule has 0 saturated carbocycles. The van der Waals surface area contributed by atoms with E-state index < -0.39 is 0 Å². The van der Waals surface area contributed by atoms with Gasteiger partial charge in [-0.2, -0.15) is 0 Å². The van der Waals surface area contributed by atoms with Crippen molar-refractivity contribution in [3.8, 4) is 5.75 Å². The summed E-state index contributed by atoms with van der Waals surface area (Å²) >= 11 is 0. The molecule has 1 aromatic heterocycles. The highest BCUT2D eigenvalue weighted by molar-refractivity contribution is 5.95. The van der Waals surface area contributed by atoms with Gasteiger partial charge in [-0.05, 0) is 44.4 Å². The molecule has 0 spiro atoms. The number of nitrogens with one attached hydrogen (secondary N) is 2. The summed E-state index contributed by atoms with van der Waals surface area (Å²) in [6.45, 7) is 5.73. The van der Waals surface area contributed by atoms with Crippen LogP contribution in [-0.2, 0) is 11.3 Å². The fraction of sp³-hybridized carbons (Fsp3) is 0.421. The first kappa shape index (κ1) is 16.6. The summed E-state index contributed by atoms with van der Waals surface area (Å²) in [5.41, 5.74) is 3.64. The van der Waals surface area contributed by atoms with E-state index in [1.807, 2.05) is 32.0 Å². The minimum Gasteiger partial charge on any atom is -0.491 e. The molecule has 2 N–H and O–H groups in total. The number of hydrogen-bond acceptors (Lipinski definition) is 3. The lowest BCUT2D eigenvalue weighted by Gasteiger charge is -2.16. The molecule has 5 heteroatoms. The molecule has 3 rings (SSSR count). The van der Waals surface area contributed by atoms with E-state index in [-0.39, 0.29) is 12.0 Å². The summed E-state index contributed by atoms with van der Waals surface area (Å²) < 4.78 is 11.6. The van der Waals surface area contributed by atoms with Gasteiger partial charge in [-0.15, -0.1) is 0 Å². The SMILES string of the molecule is Cc1ccc(CNC(=O)c2cc[nH]c2C)c(OC[C@@H]2CCCO2)c1. The zero-order valence-corrected chi connectivity index (χ0v) is 14.2. The molecule has 1 aromatic carbocycles. The molecule has 1 aliphatic heterocycles. The molecule has 0 unspecified atom stereocenters. The van der Waals surface area contributed by atoms with E-state index in [0.29, 0.717) is 18.7 Å². The Morgan fingerprint density at radius 2 is 2.25 bits per heavy atom. The third-order valence-electron chi connectivity index (χ3n) is 4.31. The molecule has 1 amide bonds. The van der Waals surface area contributed by atoms with Gasteiger partial charge in [0.1, 0.15) is 12.4 Å². The van der Waals surface area contributed by atoms with Gasteiger partial charge in [0.15, 0.2) is 0 Å². The Bertz CT molecular complexity index is 702. The Morgan fingerprint density at radius 3 is 2.96 bits per heavy atom. The van der Waals surface area contributed by atoms with Crippen molar-refractivity contribution in [3.05, 3.63) is 52.8 Å². The third kappa shape index (κ3) is 3.97. The zero-order chi connectivity index (χ0) is 16.9. The number of ether oxygens (including phenoxy) is 2. The van der Waals surface area contributed by atoms with Gasteiger partial charge in [-0.3, -0.25) is 4.79 Å². The van der Waals surface area contributed by atoms with Crippen molar-refractivity contribution in [2.45, 2.75) is 39.3 Å². The summed E-state index contributed by atoms with van der Waals surface area (Å²) in [6, 6.07) is 7.83. The lowest BCUT2D eigenvalue weighted by atomic mass is 10.1. The van der Waals surface area contributed by atoms with Crippen LogP contribution in [0.5, 0.6) is 5.75 Å². The van der Waals surface area contributed by atoms with E-state index >= 15 is 0 Å². The minimum atomic E-state index is -0.0839. The van der Waals surface area contributed by atoms with Gasteiger partial charge in [-0.1, -0.05) is 12.1 Å². The molecule has 1 aliphatic rings. The summed E-state index contributed by atoms with van der Waals surface area (Å²) in [5.74, 6) is 0.732. The number of amides is 1. The molecule has 1 atom stereocenters. The summed E-state index contributed by atoms with van der Waals surface area (Å²) in [6.07, 6.45) is 4.09. The number of carbonyl (C=O) groups is 1. The van der Waals surface area contributed by atoms with Gasteiger partial charge in [0.2, 0.25) is 0 Å². The zero-order valence-electron chi connectivity index (χ0n) is 14.2. The predicted molar refractivity (Wildman–Crippen MR) is 92.3 cm³/mol. The van der Waals surface area contributed by atoms with Crippen LogP contribution in [0.4, 0.5) is 0 Å². The highest BCUT2D eigenvalue weighted by Crippen LogP contribution is 2.22. The maximum atomic E-state index is 12.3. The van der Waals surface area contributed by atoms with Crippen LogP contribution in [0.3, 0.4) is 0 Å². The van der Waals surface area contributed by atoms with Crippen molar-refractivity contribution in [2.24, 2.45) is 0 Å². The third-order valence-corrected chi connectivity index (χ3v) is 4.31. The van der Waals surface area contributed by atoms with Crippen molar-refractivity contribution >= 4 is 5.91 Å². The number of rotatable bonds is 6. The monoisotopic (exact) mass is 328 g/mol. The quantitative estimate of drug-likeness (QED) is 0.856. The van der Waals surface area contributed by atoms with Crippen molar-refractivity contribution in [1.29, 1.82) is 0 Å². The van der Waals surface area contributed by atoms with Gasteiger partial charge < -0.3 is 19.8 Å². The fourth-order valence-electron chi connectivity index (χ4n) is 2.87. The van der Waals surface area contributed by atoms with Gasteiger partial charge >= 0.3 is 0 Å². The van der Waals surface area contributed by atoms with Crippen molar-refractivity contribution in [1.82, 2.24) is 10.3 Å². The summed E-state index contributed by atoms with van der Waals surface area (Å²) in [5, 5.41) is 2.96. The van der Waals surface area contributed by atoms with E-state index in [2.05, 4.69) is 10.3 Å². The Balaban J connectivity index is 1.63. The lowest BCUT2D eigenvalue weighted by Crippen LogP contribution is -2.24. The van der Waals surface area contributed by atoms with Crippen molar-refractivity contribution in [2.75, 3.05) is 13.2 Å². The molecule has 1 fully saturated rings. The number of aromatic nitrogens is 1. The molecule has 0 bridgehead atoms. The second-order valence-corrected chi connectivity index (χ2v) is 6.26. The first-order valence-electron chi connectivity index (χ1n) is 8.39. The number of aryl methyl sites for hydroxylation is 2. The van der Waals surface area contributed by atoms with Gasteiger partial charge in [0, 0.05) is 30.6 Å². The molecule has 0 aliphatic carbocycles. The highest BCUT2D eigenvalue weighted by Gasteiger charge is 2.17. The van der Waals surface area contributed by atoms with Gasteiger partial charge in [0.25, 0.3) is 5.91 Å². The van der Waals surface area contributed by atoms with Crippen molar-refractivity contribution < 1.29 is 14.3 Å². The van der Waals surface area contributed by atoms with Crippen LogP contribution in [0, 0.1) is 13.8 Å².